The van der Waals surface area contributed by atoms with E-state index in [1.54, 1.807) is 48.5 Å². The molecule has 0 atom stereocenters. The summed E-state index contributed by atoms with van der Waals surface area (Å²) in [5, 5.41) is 7.22. The summed E-state index contributed by atoms with van der Waals surface area (Å²) >= 11 is 11.8. The third kappa shape index (κ3) is 8.10. The van der Waals surface area contributed by atoms with Gasteiger partial charge in [0.15, 0.2) is 0 Å². The zero-order valence-electron chi connectivity index (χ0n) is 20.0. The second kappa shape index (κ2) is 12.9. The van der Waals surface area contributed by atoms with Crippen LogP contribution in [0.4, 0.5) is 0 Å². The highest BCUT2D eigenvalue weighted by atomic mass is 35.5. The Kier molecular flexibility index (Phi) is 9.19. The average Bonchev–Trinajstić information content (AvgIpc) is 2.91. The fraction of sp³-hybridized carbons (Fsp3) is 0.133. The van der Waals surface area contributed by atoms with Gasteiger partial charge < -0.3 is 15.4 Å². The molecule has 0 aliphatic carbocycles. The number of nitrogens with one attached hydrogen (secondary N) is 2. The first kappa shape index (κ1) is 26.3. The molecule has 7 heteroatoms. The number of hydrogen-bond acceptors (Lipinski definition) is 3. The minimum absolute atomic E-state index is 0.146. The fourth-order valence-corrected chi connectivity index (χ4v) is 3.88. The summed E-state index contributed by atoms with van der Waals surface area (Å²) in [5.74, 6) is 0.898. The molecule has 0 bridgehead atoms. The van der Waals surface area contributed by atoms with E-state index in [2.05, 4.69) is 10.6 Å². The Morgan fingerprint density at radius 1 is 0.541 bits per heavy atom. The lowest BCUT2D eigenvalue weighted by molar-refractivity contribution is 0.0946. The Hall–Kier alpha value is -3.80. The number of ether oxygens (including phenoxy) is 1. The topological polar surface area (TPSA) is 67.4 Å². The van der Waals surface area contributed by atoms with Crippen molar-refractivity contribution in [2.24, 2.45) is 0 Å². The predicted molar refractivity (Wildman–Crippen MR) is 148 cm³/mol. The lowest BCUT2D eigenvalue weighted by atomic mass is 10.1. The molecule has 0 aromatic heterocycles. The Morgan fingerprint density at radius 2 is 0.892 bits per heavy atom. The number of amides is 2. The van der Waals surface area contributed by atoms with Crippen LogP contribution >= 0.6 is 23.2 Å². The maximum Gasteiger partial charge on any atom is 0.251 e. The first-order chi connectivity index (χ1) is 18.0. The van der Waals surface area contributed by atoms with Crippen molar-refractivity contribution in [2.45, 2.75) is 12.8 Å². The van der Waals surface area contributed by atoms with Crippen LogP contribution in [0.1, 0.15) is 31.8 Å². The molecular weight excluding hydrogens is 507 g/mol. The van der Waals surface area contributed by atoms with E-state index in [1.807, 2.05) is 48.5 Å². The van der Waals surface area contributed by atoms with E-state index < -0.39 is 0 Å². The normalized spacial score (nSPS) is 10.5. The summed E-state index contributed by atoms with van der Waals surface area (Å²) in [6, 6.07) is 29.0. The number of hydrogen-bond donors (Lipinski definition) is 2. The van der Waals surface area contributed by atoms with Crippen molar-refractivity contribution < 1.29 is 14.3 Å². The molecule has 5 nitrogen and oxygen atoms in total. The van der Waals surface area contributed by atoms with Gasteiger partial charge in [0.25, 0.3) is 11.8 Å². The van der Waals surface area contributed by atoms with Gasteiger partial charge in [0.05, 0.1) is 0 Å². The van der Waals surface area contributed by atoms with E-state index in [0.29, 0.717) is 45.8 Å². The van der Waals surface area contributed by atoms with Crippen molar-refractivity contribution in [1.29, 1.82) is 0 Å². The van der Waals surface area contributed by atoms with E-state index in [-0.39, 0.29) is 11.8 Å². The van der Waals surface area contributed by atoms with Crippen LogP contribution in [-0.4, -0.2) is 24.9 Å². The molecule has 2 N–H and O–H groups in total. The minimum Gasteiger partial charge on any atom is -0.457 e. The standard InChI is InChI=1S/C30H26Cl2N2O3/c31-25-9-1-21(2-10-25)17-19-33-29(35)23-5-13-27(14-6-23)37-28-15-7-24(8-16-28)30(36)34-20-18-22-3-11-26(32)12-4-22/h1-16H,17-20H2,(H,33,35)(H,34,36). The first-order valence-corrected chi connectivity index (χ1v) is 12.7. The number of rotatable bonds is 10. The average molecular weight is 533 g/mol. The molecule has 0 saturated carbocycles. The summed E-state index contributed by atoms with van der Waals surface area (Å²) < 4.78 is 5.86. The van der Waals surface area contributed by atoms with Crippen molar-refractivity contribution in [3.05, 3.63) is 129 Å². The van der Waals surface area contributed by atoms with Crippen LogP contribution in [0.3, 0.4) is 0 Å². The van der Waals surface area contributed by atoms with Gasteiger partial charge in [-0.05, 0) is 96.8 Å². The second-order valence-corrected chi connectivity index (χ2v) is 9.29. The van der Waals surface area contributed by atoms with Gasteiger partial charge in [0.2, 0.25) is 0 Å². The van der Waals surface area contributed by atoms with Gasteiger partial charge >= 0.3 is 0 Å². The van der Waals surface area contributed by atoms with Crippen LogP contribution < -0.4 is 15.4 Å². The number of carbonyl (C=O) groups excluding carboxylic acids is 2. The molecule has 0 spiro atoms. The fourth-order valence-electron chi connectivity index (χ4n) is 3.63. The van der Waals surface area contributed by atoms with E-state index >= 15 is 0 Å². The van der Waals surface area contributed by atoms with Crippen LogP contribution in [-0.2, 0) is 12.8 Å². The third-order valence-electron chi connectivity index (χ3n) is 5.69. The summed E-state index contributed by atoms with van der Waals surface area (Å²) in [4.78, 5) is 24.8. The van der Waals surface area contributed by atoms with Gasteiger partial charge in [-0.25, -0.2) is 0 Å². The molecule has 0 aliphatic rings. The lowest BCUT2D eigenvalue weighted by Crippen LogP contribution is -2.25. The maximum atomic E-state index is 12.4. The third-order valence-corrected chi connectivity index (χ3v) is 6.20. The zero-order chi connectivity index (χ0) is 26.0. The Labute approximate surface area is 226 Å². The molecule has 188 valence electrons. The van der Waals surface area contributed by atoms with Gasteiger partial charge in [0, 0.05) is 34.3 Å². The van der Waals surface area contributed by atoms with Crippen LogP contribution in [0.5, 0.6) is 11.5 Å². The van der Waals surface area contributed by atoms with Crippen LogP contribution in [0.25, 0.3) is 0 Å². The van der Waals surface area contributed by atoms with Crippen molar-refractivity contribution in [3.8, 4) is 11.5 Å². The van der Waals surface area contributed by atoms with E-state index in [1.165, 1.54) is 0 Å². The molecule has 4 aromatic carbocycles. The minimum atomic E-state index is -0.146. The summed E-state index contributed by atoms with van der Waals surface area (Å²) in [6.45, 7) is 1.06. The molecule has 4 aromatic rings. The van der Waals surface area contributed by atoms with E-state index in [9.17, 15) is 9.59 Å². The maximum absolute atomic E-state index is 12.4. The number of halogens is 2. The van der Waals surface area contributed by atoms with Gasteiger partial charge in [-0.3, -0.25) is 9.59 Å². The van der Waals surface area contributed by atoms with E-state index in [0.717, 1.165) is 24.0 Å². The highest BCUT2D eigenvalue weighted by Gasteiger charge is 2.08. The number of carbonyl (C=O) groups is 2. The first-order valence-electron chi connectivity index (χ1n) is 11.9. The number of benzene rings is 4. The zero-order valence-corrected chi connectivity index (χ0v) is 21.6. The van der Waals surface area contributed by atoms with Crippen molar-refractivity contribution in [2.75, 3.05) is 13.1 Å². The molecule has 2 amide bonds. The molecule has 37 heavy (non-hydrogen) atoms. The molecule has 0 unspecified atom stereocenters. The highest BCUT2D eigenvalue weighted by Crippen LogP contribution is 2.22. The van der Waals surface area contributed by atoms with E-state index in [4.69, 9.17) is 27.9 Å². The monoisotopic (exact) mass is 532 g/mol. The van der Waals surface area contributed by atoms with Gasteiger partial charge in [-0.2, -0.15) is 0 Å². The lowest BCUT2D eigenvalue weighted by Gasteiger charge is -2.09. The Bertz CT molecular complexity index is 1220. The highest BCUT2D eigenvalue weighted by molar-refractivity contribution is 6.30. The molecule has 4 rings (SSSR count). The van der Waals surface area contributed by atoms with Crippen LogP contribution in [0, 0.1) is 0 Å². The Balaban J connectivity index is 1.22. The Morgan fingerprint density at radius 3 is 1.24 bits per heavy atom. The predicted octanol–water partition coefficient (Wildman–Crippen LogP) is 6.73. The molecule has 0 saturated heterocycles. The van der Waals surface area contributed by atoms with Gasteiger partial charge in [-0.15, -0.1) is 0 Å². The molecule has 0 aliphatic heterocycles. The largest absolute Gasteiger partial charge is 0.457 e. The van der Waals surface area contributed by atoms with Crippen LogP contribution in [0.15, 0.2) is 97.1 Å². The molecule has 0 fully saturated rings. The van der Waals surface area contributed by atoms with Crippen molar-refractivity contribution in [1.82, 2.24) is 10.6 Å². The molecular formula is C30H26Cl2N2O3. The summed E-state index contributed by atoms with van der Waals surface area (Å²) in [6.07, 6.45) is 1.45. The molecule has 0 radical (unpaired) electrons. The SMILES string of the molecule is O=C(NCCc1ccc(Cl)cc1)c1ccc(Oc2ccc(C(=O)NCCc3ccc(Cl)cc3)cc2)cc1. The van der Waals surface area contributed by atoms with Gasteiger partial charge in [-0.1, -0.05) is 47.5 Å². The van der Waals surface area contributed by atoms with Crippen molar-refractivity contribution in [3.63, 3.8) is 0 Å². The molecule has 0 heterocycles. The smallest absolute Gasteiger partial charge is 0.251 e. The van der Waals surface area contributed by atoms with Crippen molar-refractivity contribution >= 4 is 35.0 Å². The second-order valence-electron chi connectivity index (χ2n) is 8.42. The van der Waals surface area contributed by atoms with Crippen LogP contribution in [0.2, 0.25) is 10.0 Å². The van der Waals surface area contributed by atoms with Gasteiger partial charge in [0.1, 0.15) is 11.5 Å². The summed E-state index contributed by atoms with van der Waals surface area (Å²) in [7, 11) is 0. The quantitative estimate of drug-likeness (QED) is 0.238. The summed E-state index contributed by atoms with van der Waals surface area (Å²) in [5.41, 5.74) is 3.31.